The Morgan fingerprint density at radius 3 is 2.67 bits per heavy atom. The van der Waals surface area contributed by atoms with Crippen LogP contribution >= 0.6 is 0 Å². The summed E-state index contributed by atoms with van der Waals surface area (Å²) in [5.74, 6) is -1.14. The van der Waals surface area contributed by atoms with Crippen LogP contribution < -0.4 is 4.90 Å². The highest BCUT2D eigenvalue weighted by atomic mass is 19.4. The van der Waals surface area contributed by atoms with E-state index in [1.54, 1.807) is 4.90 Å². The first kappa shape index (κ1) is 15.6. The first-order valence-electron chi connectivity index (χ1n) is 6.63. The van der Waals surface area contributed by atoms with E-state index in [0.717, 1.165) is 12.5 Å². The number of hydrogen-bond donors (Lipinski definition) is 2. The second-order valence-corrected chi connectivity index (χ2v) is 5.15. The first-order valence-corrected chi connectivity index (χ1v) is 6.63. The second kappa shape index (κ2) is 5.93. The van der Waals surface area contributed by atoms with Crippen LogP contribution in [-0.2, 0) is 6.18 Å². The van der Waals surface area contributed by atoms with Gasteiger partial charge < -0.3 is 15.1 Å². The number of benzene rings is 1. The number of alkyl halides is 3. The van der Waals surface area contributed by atoms with Gasteiger partial charge in [-0.15, -0.1) is 0 Å². The van der Waals surface area contributed by atoms with Crippen LogP contribution in [0.25, 0.3) is 0 Å². The monoisotopic (exact) mass is 303 g/mol. The zero-order valence-corrected chi connectivity index (χ0v) is 11.2. The predicted molar refractivity (Wildman–Crippen MR) is 70.4 cm³/mol. The van der Waals surface area contributed by atoms with E-state index in [-0.39, 0.29) is 18.1 Å². The Morgan fingerprint density at radius 2 is 2.10 bits per heavy atom. The largest absolute Gasteiger partial charge is 0.478 e. The van der Waals surface area contributed by atoms with Gasteiger partial charge in [-0.3, -0.25) is 0 Å². The molecule has 0 bridgehead atoms. The van der Waals surface area contributed by atoms with Gasteiger partial charge in [-0.1, -0.05) is 0 Å². The standard InChI is InChI=1S/C14H16F3NO3/c15-14(16,17)10-1-2-12(11(7-10)13(20)21)18-5-3-9(8-18)4-6-19/h1-2,7,9,19H,3-6,8H2,(H,20,21). The van der Waals surface area contributed by atoms with Gasteiger partial charge in [0, 0.05) is 19.7 Å². The number of nitrogens with zero attached hydrogens (tertiary/aromatic N) is 1. The molecular weight excluding hydrogens is 287 g/mol. The topological polar surface area (TPSA) is 60.8 Å². The Hall–Kier alpha value is -1.76. The van der Waals surface area contributed by atoms with E-state index in [1.807, 2.05) is 0 Å². The van der Waals surface area contributed by atoms with Crippen molar-refractivity contribution in [3.63, 3.8) is 0 Å². The molecule has 0 radical (unpaired) electrons. The van der Waals surface area contributed by atoms with E-state index in [4.69, 9.17) is 10.2 Å². The first-order chi connectivity index (χ1) is 9.82. The molecule has 0 spiro atoms. The summed E-state index contributed by atoms with van der Waals surface area (Å²) in [6.07, 6.45) is -3.16. The SMILES string of the molecule is O=C(O)c1cc(C(F)(F)F)ccc1N1CCC(CCO)C1. The van der Waals surface area contributed by atoms with Gasteiger partial charge in [-0.2, -0.15) is 13.2 Å². The molecule has 0 aliphatic carbocycles. The third-order valence-corrected chi connectivity index (χ3v) is 3.72. The number of halogens is 3. The lowest BCUT2D eigenvalue weighted by Crippen LogP contribution is -2.23. The minimum atomic E-state index is -4.56. The molecule has 1 aliphatic heterocycles. The number of aliphatic hydroxyl groups excluding tert-OH is 1. The molecule has 2 rings (SSSR count). The molecule has 0 amide bonds. The van der Waals surface area contributed by atoms with Gasteiger partial charge in [-0.25, -0.2) is 4.79 Å². The smallest absolute Gasteiger partial charge is 0.416 e. The third kappa shape index (κ3) is 3.47. The Morgan fingerprint density at radius 1 is 1.38 bits per heavy atom. The molecule has 0 aromatic heterocycles. The van der Waals surface area contributed by atoms with Crippen LogP contribution in [0.5, 0.6) is 0 Å². The number of aromatic carboxylic acids is 1. The lowest BCUT2D eigenvalue weighted by molar-refractivity contribution is -0.137. The van der Waals surface area contributed by atoms with E-state index in [1.165, 1.54) is 6.07 Å². The van der Waals surface area contributed by atoms with E-state index in [2.05, 4.69) is 0 Å². The maximum absolute atomic E-state index is 12.7. The van der Waals surface area contributed by atoms with E-state index < -0.39 is 17.7 Å². The van der Waals surface area contributed by atoms with Crippen LogP contribution in [0.3, 0.4) is 0 Å². The number of aliphatic hydroxyl groups is 1. The van der Waals surface area contributed by atoms with Crippen LogP contribution in [0.4, 0.5) is 18.9 Å². The maximum Gasteiger partial charge on any atom is 0.416 e. The molecule has 21 heavy (non-hydrogen) atoms. The highest BCUT2D eigenvalue weighted by Gasteiger charge is 2.33. The Labute approximate surface area is 119 Å². The minimum Gasteiger partial charge on any atom is -0.478 e. The van der Waals surface area contributed by atoms with Crippen LogP contribution in [-0.4, -0.2) is 35.9 Å². The molecule has 116 valence electrons. The van der Waals surface area contributed by atoms with Gasteiger partial charge in [0.1, 0.15) is 0 Å². The average Bonchev–Trinajstić information content (AvgIpc) is 2.86. The fraction of sp³-hybridized carbons (Fsp3) is 0.500. The van der Waals surface area contributed by atoms with Crippen LogP contribution in [0.15, 0.2) is 18.2 Å². The number of rotatable bonds is 4. The Kier molecular flexibility index (Phi) is 4.41. The lowest BCUT2D eigenvalue weighted by atomic mass is 10.1. The molecule has 1 atom stereocenters. The zero-order chi connectivity index (χ0) is 15.6. The molecule has 1 heterocycles. The second-order valence-electron chi connectivity index (χ2n) is 5.15. The van der Waals surface area contributed by atoms with Crippen molar-refractivity contribution < 1.29 is 28.2 Å². The van der Waals surface area contributed by atoms with Crippen LogP contribution in [0.1, 0.15) is 28.8 Å². The van der Waals surface area contributed by atoms with E-state index in [0.29, 0.717) is 31.3 Å². The Bertz CT molecular complexity index is 531. The summed E-state index contributed by atoms with van der Waals surface area (Å²) in [6, 6.07) is 2.80. The van der Waals surface area contributed by atoms with Crippen LogP contribution in [0, 0.1) is 5.92 Å². The number of carbonyl (C=O) groups is 1. The fourth-order valence-corrected chi connectivity index (χ4v) is 2.63. The van der Waals surface area contributed by atoms with Crippen molar-refractivity contribution in [3.8, 4) is 0 Å². The van der Waals surface area contributed by atoms with Crippen molar-refractivity contribution in [2.24, 2.45) is 5.92 Å². The Balaban J connectivity index is 2.30. The van der Waals surface area contributed by atoms with Gasteiger partial charge in [0.05, 0.1) is 16.8 Å². The number of hydrogen-bond acceptors (Lipinski definition) is 3. The molecule has 7 heteroatoms. The zero-order valence-electron chi connectivity index (χ0n) is 11.2. The molecular formula is C14H16F3NO3. The van der Waals surface area contributed by atoms with Gasteiger partial charge in [-0.05, 0) is 37.0 Å². The number of anilines is 1. The normalized spacial score (nSPS) is 19.0. The highest BCUT2D eigenvalue weighted by Crippen LogP contribution is 2.34. The number of carboxylic acid groups (broad SMARTS) is 1. The van der Waals surface area contributed by atoms with Crippen molar-refractivity contribution in [1.29, 1.82) is 0 Å². The van der Waals surface area contributed by atoms with Crippen molar-refractivity contribution in [2.45, 2.75) is 19.0 Å². The molecule has 0 saturated carbocycles. The summed E-state index contributed by atoms with van der Waals surface area (Å²) in [7, 11) is 0. The van der Waals surface area contributed by atoms with Gasteiger partial charge in [0.25, 0.3) is 0 Å². The lowest BCUT2D eigenvalue weighted by Gasteiger charge is -2.21. The summed E-state index contributed by atoms with van der Waals surface area (Å²) in [5.41, 5.74) is -1.000. The minimum absolute atomic E-state index is 0.0529. The van der Waals surface area contributed by atoms with E-state index in [9.17, 15) is 18.0 Å². The molecule has 1 saturated heterocycles. The fourth-order valence-electron chi connectivity index (χ4n) is 2.63. The number of carboxylic acids is 1. The average molecular weight is 303 g/mol. The summed E-state index contributed by atoms with van der Waals surface area (Å²) in [4.78, 5) is 13.0. The molecule has 1 fully saturated rings. The van der Waals surface area contributed by atoms with Gasteiger partial charge >= 0.3 is 12.1 Å². The maximum atomic E-state index is 12.7. The highest BCUT2D eigenvalue weighted by molar-refractivity contribution is 5.94. The summed E-state index contributed by atoms with van der Waals surface area (Å²) in [5, 5.41) is 18.1. The molecule has 1 aliphatic rings. The van der Waals surface area contributed by atoms with Crippen molar-refractivity contribution in [2.75, 3.05) is 24.6 Å². The molecule has 1 aromatic carbocycles. The van der Waals surface area contributed by atoms with E-state index >= 15 is 0 Å². The van der Waals surface area contributed by atoms with Crippen molar-refractivity contribution in [1.82, 2.24) is 0 Å². The molecule has 2 N–H and O–H groups in total. The van der Waals surface area contributed by atoms with Gasteiger partial charge in [0.2, 0.25) is 0 Å². The van der Waals surface area contributed by atoms with Gasteiger partial charge in [0.15, 0.2) is 0 Å². The third-order valence-electron chi connectivity index (χ3n) is 3.72. The quantitative estimate of drug-likeness (QED) is 0.897. The predicted octanol–water partition coefficient (Wildman–Crippen LogP) is 2.61. The summed E-state index contributed by atoms with van der Waals surface area (Å²) in [6.45, 7) is 1.18. The summed E-state index contributed by atoms with van der Waals surface area (Å²) >= 11 is 0. The molecule has 1 aromatic rings. The van der Waals surface area contributed by atoms with Crippen molar-refractivity contribution >= 4 is 11.7 Å². The van der Waals surface area contributed by atoms with Crippen molar-refractivity contribution in [3.05, 3.63) is 29.3 Å². The molecule has 1 unspecified atom stereocenters. The molecule has 4 nitrogen and oxygen atoms in total. The summed E-state index contributed by atoms with van der Waals surface area (Å²) < 4.78 is 38.0. The van der Waals surface area contributed by atoms with Crippen LogP contribution in [0.2, 0.25) is 0 Å².